The zero-order valence-corrected chi connectivity index (χ0v) is 23.6. The van der Waals surface area contributed by atoms with Gasteiger partial charge in [0.2, 0.25) is 0 Å². The number of piperidine rings is 1. The summed E-state index contributed by atoms with van der Waals surface area (Å²) in [5, 5.41) is 0.828. The normalized spacial score (nSPS) is 17.7. The van der Waals surface area contributed by atoms with E-state index in [2.05, 4.69) is 4.90 Å². The van der Waals surface area contributed by atoms with Crippen molar-refractivity contribution in [3.63, 3.8) is 0 Å². The molecular weight excluding hydrogens is 578 g/mol. The topological polar surface area (TPSA) is 84.6 Å². The summed E-state index contributed by atoms with van der Waals surface area (Å²) in [5.74, 6) is -0.531. The van der Waals surface area contributed by atoms with Gasteiger partial charge < -0.3 is 4.90 Å². The number of fused-ring (bicyclic) bond motifs is 2. The highest BCUT2D eigenvalue weighted by Gasteiger charge is 2.40. The second-order valence-electron chi connectivity index (χ2n) is 9.43. The highest BCUT2D eigenvalue weighted by molar-refractivity contribution is 7.90. The standard InChI is InChI=1S/C25H27Cl2FN4O4S.ClH/c26-17-4-6-23-20(15-17)24(33)31(37(23,35)36)11-2-1-10-29-12-7-19(8-13-29)32-21-5-3-18(27)16-22(21)30(14-9-28)25(32)34;/h3-6,15-16,19H,1-2,7-14H2;1H. The minimum atomic E-state index is -3.84. The largest absolute Gasteiger partial charge is 0.329 e. The van der Waals surface area contributed by atoms with Crippen LogP contribution in [0.15, 0.2) is 46.1 Å². The molecule has 3 aromatic rings. The summed E-state index contributed by atoms with van der Waals surface area (Å²) in [5.41, 5.74) is 1.32. The third kappa shape index (κ3) is 5.21. The van der Waals surface area contributed by atoms with E-state index in [1.165, 1.54) is 22.8 Å². The van der Waals surface area contributed by atoms with Crippen molar-refractivity contribution in [3.8, 4) is 0 Å². The number of amides is 1. The highest BCUT2D eigenvalue weighted by atomic mass is 35.5. The molecule has 3 heterocycles. The Labute approximate surface area is 236 Å². The van der Waals surface area contributed by atoms with Gasteiger partial charge in [0.1, 0.15) is 11.6 Å². The summed E-state index contributed by atoms with van der Waals surface area (Å²) in [6.07, 6.45) is 2.82. The zero-order valence-electron chi connectivity index (χ0n) is 20.5. The Morgan fingerprint density at radius 1 is 0.895 bits per heavy atom. The Morgan fingerprint density at radius 2 is 1.55 bits per heavy atom. The van der Waals surface area contributed by atoms with Gasteiger partial charge in [0.05, 0.1) is 23.1 Å². The Balaban J connectivity index is 0.00000336. The number of nitrogens with zero attached hydrogens (tertiary/aromatic N) is 4. The first-order valence-electron chi connectivity index (χ1n) is 12.3. The maximum absolute atomic E-state index is 13.1. The molecule has 0 aliphatic carbocycles. The van der Waals surface area contributed by atoms with Crippen molar-refractivity contribution in [2.24, 2.45) is 0 Å². The van der Waals surface area contributed by atoms with Gasteiger partial charge in [-0.3, -0.25) is 13.9 Å². The maximum Gasteiger partial charge on any atom is 0.329 e. The number of hydrogen-bond donors (Lipinski definition) is 0. The number of sulfonamides is 1. The number of carbonyl (C=O) groups excluding carboxylic acids is 1. The van der Waals surface area contributed by atoms with Crippen LogP contribution in [0.1, 0.15) is 42.1 Å². The minimum Gasteiger partial charge on any atom is -0.303 e. The Hall–Kier alpha value is -2.11. The van der Waals surface area contributed by atoms with Crippen molar-refractivity contribution in [3.05, 3.63) is 62.5 Å². The molecule has 1 fully saturated rings. The average molecular weight is 606 g/mol. The van der Waals surface area contributed by atoms with E-state index in [4.69, 9.17) is 23.2 Å². The summed E-state index contributed by atoms with van der Waals surface area (Å²) in [6, 6.07) is 9.52. The molecule has 206 valence electrons. The first-order valence-corrected chi connectivity index (χ1v) is 14.5. The van der Waals surface area contributed by atoms with Crippen molar-refractivity contribution in [1.29, 1.82) is 0 Å². The summed E-state index contributed by atoms with van der Waals surface area (Å²) in [4.78, 5) is 28.0. The van der Waals surface area contributed by atoms with Gasteiger partial charge >= 0.3 is 5.69 Å². The molecule has 1 amide bonds. The number of aryl methyl sites for hydroxylation is 1. The van der Waals surface area contributed by atoms with E-state index >= 15 is 0 Å². The van der Waals surface area contributed by atoms with E-state index in [-0.39, 0.29) is 47.7 Å². The monoisotopic (exact) mass is 604 g/mol. The highest BCUT2D eigenvalue weighted by Crippen LogP contribution is 2.32. The summed E-state index contributed by atoms with van der Waals surface area (Å²) in [7, 11) is -3.84. The second-order valence-corrected chi connectivity index (χ2v) is 12.1. The van der Waals surface area contributed by atoms with Gasteiger partial charge in [-0.25, -0.2) is 21.9 Å². The molecule has 0 saturated carbocycles. The molecule has 1 aromatic heterocycles. The van der Waals surface area contributed by atoms with E-state index in [0.29, 0.717) is 22.0 Å². The van der Waals surface area contributed by atoms with Crippen molar-refractivity contribution in [1.82, 2.24) is 18.3 Å². The van der Waals surface area contributed by atoms with Crippen LogP contribution in [0.25, 0.3) is 11.0 Å². The number of alkyl halides is 1. The molecule has 2 aliphatic rings. The third-order valence-corrected chi connectivity index (χ3v) is 9.52. The van der Waals surface area contributed by atoms with Gasteiger partial charge in [-0.2, -0.15) is 0 Å². The molecule has 2 aromatic carbocycles. The Kier molecular flexibility index (Phi) is 8.78. The smallest absolute Gasteiger partial charge is 0.303 e. The van der Waals surface area contributed by atoms with Gasteiger partial charge in [0, 0.05) is 35.7 Å². The first-order chi connectivity index (χ1) is 17.7. The molecular formula is C25H28Cl3FN4O4S. The van der Waals surface area contributed by atoms with Crippen LogP contribution in [0.2, 0.25) is 10.0 Å². The van der Waals surface area contributed by atoms with E-state index in [0.717, 1.165) is 48.7 Å². The average Bonchev–Trinajstić information content (AvgIpc) is 3.24. The first kappa shape index (κ1) is 28.9. The molecule has 0 atom stereocenters. The SMILES string of the molecule is Cl.O=C1c2cc(Cl)ccc2S(=O)(=O)N1CCCCN1CCC(n2c(=O)n(CCF)c3cc(Cl)ccc32)CC1. The molecule has 0 bridgehead atoms. The van der Waals surface area contributed by atoms with Crippen molar-refractivity contribution in [2.75, 3.05) is 32.9 Å². The number of imidazole rings is 1. The molecule has 0 N–H and O–H groups in total. The predicted octanol–water partition coefficient (Wildman–Crippen LogP) is 4.76. The lowest BCUT2D eigenvalue weighted by Crippen LogP contribution is -2.38. The van der Waals surface area contributed by atoms with E-state index < -0.39 is 22.6 Å². The molecule has 0 radical (unpaired) electrons. The van der Waals surface area contributed by atoms with Crippen LogP contribution in [-0.2, 0) is 16.6 Å². The number of benzene rings is 2. The van der Waals surface area contributed by atoms with Crippen molar-refractivity contribution >= 4 is 62.6 Å². The van der Waals surface area contributed by atoms with Crippen LogP contribution < -0.4 is 5.69 Å². The summed E-state index contributed by atoms with van der Waals surface area (Å²) in [6.45, 7) is 1.82. The van der Waals surface area contributed by atoms with Gasteiger partial charge in [0.15, 0.2) is 0 Å². The number of aromatic nitrogens is 2. The van der Waals surface area contributed by atoms with Crippen LogP contribution >= 0.6 is 35.6 Å². The summed E-state index contributed by atoms with van der Waals surface area (Å²) < 4.78 is 42.8. The number of hydrogen-bond acceptors (Lipinski definition) is 5. The molecule has 38 heavy (non-hydrogen) atoms. The molecule has 5 rings (SSSR count). The van der Waals surface area contributed by atoms with Crippen LogP contribution in [0.4, 0.5) is 4.39 Å². The number of rotatable bonds is 8. The lowest BCUT2D eigenvalue weighted by molar-refractivity contribution is 0.0868. The number of unbranched alkanes of at least 4 members (excludes halogenated alkanes) is 1. The fraction of sp³-hybridized carbons (Fsp3) is 0.440. The van der Waals surface area contributed by atoms with E-state index in [1.807, 2.05) is 6.07 Å². The van der Waals surface area contributed by atoms with Gasteiger partial charge in [-0.1, -0.05) is 23.2 Å². The van der Waals surface area contributed by atoms with Gasteiger partial charge in [0.25, 0.3) is 15.9 Å². The van der Waals surface area contributed by atoms with Crippen molar-refractivity contribution in [2.45, 2.75) is 43.2 Å². The Bertz CT molecular complexity index is 1520. The van der Waals surface area contributed by atoms with Crippen LogP contribution in [-0.4, -0.2) is 65.5 Å². The van der Waals surface area contributed by atoms with Crippen LogP contribution in [0.3, 0.4) is 0 Å². The molecule has 0 spiro atoms. The molecule has 13 heteroatoms. The molecule has 0 unspecified atom stereocenters. The summed E-state index contributed by atoms with van der Waals surface area (Å²) >= 11 is 12.1. The zero-order chi connectivity index (χ0) is 26.3. The van der Waals surface area contributed by atoms with Gasteiger partial charge in [-0.15, -0.1) is 12.4 Å². The lowest BCUT2D eigenvalue weighted by atomic mass is 10.0. The predicted molar refractivity (Wildman–Crippen MR) is 148 cm³/mol. The minimum absolute atomic E-state index is 0. The fourth-order valence-electron chi connectivity index (χ4n) is 5.38. The second kappa shape index (κ2) is 11.6. The Morgan fingerprint density at radius 3 is 2.26 bits per heavy atom. The maximum atomic E-state index is 13.1. The lowest BCUT2D eigenvalue weighted by Gasteiger charge is -2.32. The van der Waals surface area contributed by atoms with Crippen LogP contribution in [0.5, 0.6) is 0 Å². The quantitative estimate of drug-likeness (QED) is 0.346. The van der Waals surface area contributed by atoms with Gasteiger partial charge in [-0.05, 0) is 68.6 Å². The fourth-order valence-corrected chi connectivity index (χ4v) is 7.30. The third-order valence-electron chi connectivity index (χ3n) is 7.21. The number of carbonyl (C=O) groups is 1. The molecule has 2 aliphatic heterocycles. The van der Waals surface area contributed by atoms with E-state index in [9.17, 15) is 22.4 Å². The van der Waals surface area contributed by atoms with E-state index in [1.54, 1.807) is 16.7 Å². The number of likely N-dealkylation sites (tertiary alicyclic amines) is 1. The number of halogens is 4. The molecule has 8 nitrogen and oxygen atoms in total. The van der Waals surface area contributed by atoms with Crippen molar-refractivity contribution < 1.29 is 17.6 Å². The molecule has 1 saturated heterocycles. The van der Waals surface area contributed by atoms with Crippen LogP contribution in [0, 0.1) is 0 Å².